The highest BCUT2D eigenvalue weighted by molar-refractivity contribution is 7.87. The van der Waals surface area contributed by atoms with Crippen LogP contribution in [-0.2, 0) is 10.2 Å². The number of carbonyl (C=O) groups excluding carboxylic acids is 1. The van der Waals surface area contributed by atoms with Gasteiger partial charge in [-0.2, -0.15) is 12.7 Å². The van der Waals surface area contributed by atoms with Crippen molar-refractivity contribution in [3.63, 3.8) is 0 Å². The molecule has 1 aromatic carbocycles. The molecule has 1 aromatic heterocycles. The topological polar surface area (TPSA) is 118 Å². The number of nitrogens with zero attached hydrogens (tertiary/aromatic N) is 3. The maximum atomic E-state index is 14.5. The lowest BCUT2D eigenvalue weighted by Crippen LogP contribution is -2.51. The van der Waals surface area contributed by atoms with E-state index in [0.29, 0.717) is 54.9 Å². The van der Waals surface area contributed by atoms with E-state index in [9.17, 15) is 17.6 Å². The first-order chi connectivity index (χ1) is 18.3. The molecule has 2 aliphatic heterocycles. The number of pyridine rings is 1. The molecule has 3 heterocycles. The van der Waals surface area contributed by atoms with Crippen LogP contribution in [0.5, 0.6) is 5.75 Å². The minimum atomic E-state index is -4.09. The third kappa shape index (κ3) is 6.53. The second-order valence-electron chi connectivity index (χ2n) is 11.6. The summed E-state index contributed by atoms with van der Waals surface area (Å²) in [5, 5.41) is 0. The van der Waals surface area contributed by atoms with Gasteiger partial charge in [-0.15, -0.1) is 0 Å². The lowest BCUT2D eigenvalue weighted by atomic mass is 9.90. The Bertz CT molecular complexity index is 1320. The number of nitrogens with one attached hydrogen (secondary N) is 1. The quantitative estimate of drug-likeness (QED) is 0.501. The van der Waals surface area contributed by atoms with Crippen molar-refractivity contribution in [2.24, 2.45) is 17.6 Å². The Morgan fingerprint density at radius 2 is 1.97 bits per heavy atom. The van der Waals surface area contributed by atoms with Crippen LogP contribution in [-0.4, -0.2) is 61.4 Å². The number of benzene rings is 1. The van der Waals surface area contributed by atoms with Crippen LogP contribution in [0.4, 0.5) is 10.2 Å². The molecule has 214 valence electrons. The molecule has 4 rings (SSSR count). The maximum Gasteiger partial charge on any atom is 0.304 e. The van der Waals surface area contributed by atoms with Crippen molar-refractivity contribution in [1.82, 2.24) is 14.0 Å². The monoisotopic (exact) mass is 561 g/mol. The zero-order valence-corrected chi connectivity index (χ0v) is 24.2. The Kier molecular flexibility index (Phi) is 8.53. The van der Waals surface area contributed by atoms with Crippen molar-refractivity contribution >= 4 is 21.9 Å². The van der Waals surface area contributed by atoms with Crippen molar-refractivity contribution in [2.45, 2.75) is 65.5 Å². The van der Waals surface area contributed by atoms with Crippen LogP contribution in [0.25, 0.3) is 11.3 Å². The lowest BCUT2D eigenvalue weighted by Gasteiger charge is -2.37. The Morgan fingerprint density at radius 1 is 1.23 bits per heavy atom. The van der Waals surface area contributed by atoms with Gasteiger partial charge in [-0.05, 0) is 69.2 Å². The lowest BCUT2D eigenvalue weighted by molar-refractivity contribution is 0.0978. The molecular formula is C28H40FN5O4S. The Balaban J connectivity index is 1.72. The van der Waals surface area contributed by atoms with Gasteiger partial charge in [-0.1, -0.05) is 20.8 Å². The molecule has 0 spiro atoms. The Hall–Kier alpha value is -2.76. The third-order valence-corrected chi connectivity index (χ3v) is 9.25. The SMILES string of the molecule is CC(C)COc1cc(F)cc(-c2ccc(C(=O)NS(=O)(=O)N3CCCC(N)C3)c(N3CCC(C)C3(C)C)n2)c1. The van der Waals surface area contributed by atoms with Crippen LogP contribution in [0.2, 0.25) is 0 Å². The first kappa shape index (κ1) is 29.2. The predicted molar refractivity (Wildman–Crippen MR) is 150 cm³/mol. The predicted octanol–water partition coefficient (Wildman–Crippen LogP) is 3.95. The molecule has 2 unspecified atom stereocenters. The summed E-state index contributed by atoms with van der Waals surface area (Å²) in [4.78, 5) is 20.3. The summed E-state index contributed by atoms with van der Waals surface area (Å²) in [6.45, 7) is 11.9. The number of hydrogen-bond acceptors (Lipinski definition) is 7. The average molecular weight is 562 g/mol. The van der Waals surface area contributed by atoms with Crippen molar-refractivity contribution in [3.8, 4) is 17.0 Å². The van der Waals surface area contributed by atoms with E-state index in [0.717, 1.165) is 12.8 Å². The van der Waals surface area contributed by atoms with Crippen molar-refractivity contribution in [1.29, 1.82) is 0 Å². The van der Waals surface area contributed by atoms with Gasteiger partial charge in [0.1, 0.15) is 17.4 Å². The molecule has 0 radical (unpaired) electrons. The molecular weight excluding hydrogens is 521 g/mol. The smallest absolute Gasteiger partial charge is 0.304 e. The van der Waals surface area contributed by atoms with Crippen LogP contribution >= 0.6 is 0 Å². The van der Waals surface area contributed by atoms with E-state index >= 15 is 0 Å². The molecule has 39 heavy (non-hydrogen) atoms. The minimum Gasteiger partial charge on any atom is -0.493 e. The molecule has 2 aromatic rings. The number of nitrogens with two attached hydrogens (primary N) is 1. The number of piperidine rings is 1. The first-order valence-corrected chi connectivity index (χ1v) is 15.0. The van der Waals surface area contributed by atoms with Gasteiger partial charge in [-0.25, -0.2) is 14.1 Å². The molecule has 2 atom stereocenters. The highest BCUT2D eigenvalue weighted by Crippen LogP contribution is 2.39. The molecule has 0 bridgehead atoms. The molecule has 0 aliphatic carbocycles. The molecule has 11 heteroatoms. The van der Waals surface area contributed by atoms with Gasteiger partial charge in [-0.3, -0.25) is 4.79 Å². The maximum absolute atomic E-state index is 14.5. The number of amides is 1. The summed E-state index contributed by atoms with van der Waals surface area (Å²) in [5.74, 6) is 0.109. The molecule has 3 N–H and O–H groups in total. The summed E-state index contributed by atoms with van der Waals surface area (Å²) < 4.78 is 49.8. The standard InChI is InChI=1S/C28H40FN5O4S/c1-18(2)17-38-23-14-20(13-21(29)15-23)25-9-8-24(26(31-25)34-12-10-19(3)28(34,4)5)27(35)32-39(36,37)33-11-6-7-22(30)16-33/h8-9,13-15,18-19,22H,6-7,10-12,16-17,30H2,1-5H3,(H,32,35). The summed E-state index contributed by atoms with van der Waals surface area (Å²) >= 11 is 0. The highest BCUT2D eigenvalue weighted by Gasteiger charge is 2.41. The number of anilines is 1. The summed E-state index contributed by atoms with van der Waals surface area (Å²) in [7, 11) is -4.09. The normalized spacial score (nSPS) is 21.8. The number of hydrogen-bond donors (Lipinski definition) is 2. The molecule has 2 saturated heterocycles. The number of carbonyl (C=O) groups is 1. The fourth-order valence-corrected chi connectivity index (χ4v) is 6.32. The molecule has 9 nitrogen and oxygen atoms in total. The van der Waals surface area contributed by atoms with E-state index in [-0.39, 0.29) is 29.6 Å². The van der Waals surface area contributed by atoms with Gasteiger partial charge in [0, 0.05) is 42.8 Å². The number of halogens is 1. The van der Waals surface area contributed by atoms with Gasteiger partial charge in [0.15, 0.2) is 0 Å². The van der Waals surface area contributed by atoms with Crippen LogP contribution in [0.3, 0.4) is 0 Å². The van der Waals surface area contributed by atoms with Gasteiger partial charge in [0.2, 0.25) is 0 Å². The van der Waals surface area contributed by atoms with Crippen LogP contribution in [0, 0.1) is 17.7 Å². The number of ether oxygens (including phenoxy) is 1. The largest absolute Gasteiger partial charge is 0.493 e. The Morgan fingerprint density at radius 3 is 2.62 bits per heavy atom. The number of aromatic nitrogens is 1. The Labute approximate surface area is 231 Å². The third-order valence-electron chi connectivity index (χ3n) is 7.80. The van der Waals surface area contributed by atoms with Gasteiger partial charge < -0.3 is 15.4 Å². The highest BCUT2D eigenvalue weighted by atomic mass is 32.2. The van der Waals surface area contributed by atoms with Gasteiger partial charge >= 0.3 is 10.2 Å². The zero-order chi connectivity index (χ0) is 28.5. The summed E-state index contributed by atoms with van der Waals surface area (Å²) in [6.07, 6.45) is 2.26. The van der Waals surface area contributed by atoms with Crippen LogP contribution < -0.4 is 20.1 Å². The minimum absolute atomic E-state index is 0.137. The fourth-order valence-electron chi connectivity index (χ4n) is 5.09. The van der Waals surface area contributed by atoms with Gasteiger partial charge in [0.25, 0.3) is 5.91 Å². The molecule has 2 aliphatic rings. The molecule has 1 amide bonds. The summed E-state index contributed by atoms with van der Waals surface area (Å²) in [6, 6.07) is 7.32. The second kappa shape index (κ2) is 11.4. The van der Waals surface area contributed by atoms with E-state index < -0.39 is 21.9 Å². The van der Waals surface area contributed by atoms with E-state index in [1.54, 1.807) is 18.2 Å². The van der Waals surface area contributed by atoms with E-state index in [1.807, 2.05) is 18.7 Å². The van der Waals surface area contributed by atoms with E-state index in [2.05, 4.69) is 25.5 Å². The van der Waals surface area contributed by atoms with Gasteiger partial charge in [0.05, 0.1) is 17.9 Å². The molecule has 0 saturated carbocycles. The van der Waals surface area contributed by atoms with E-state index in [4.69, 9.17) is 15.5 Å². The van der Waals surface area contributed by atoms with Crippen molar-refractivity contribution < 1.29 is 22.3 Å². The second-order valence-corrected chi connectivity index (χ2v) is 13.3. The van der Waals surface area contributed by atoms with Crippen LogP contribution in [0.1, 0.15) is 64.2 Å². The van der Waals surface area contributed by atoms with Crippen molar-refractivity contribution in [2.75, 3.05) is 31.1 Å². The van der Waals surface area contributed by atoms with E-state index in [1.165, 1.54) is 16.4 Å². The first-order valence-electron chi connectivity index (χ1n) is 13.6. The fraction of sp³-hybridized carbons (Fsp3) is 0.571. The summed E-state index contributed by atoms with van der Waals surface area (Å²) in [5.41, 5.74) is 6.72. The van der Waals surface area contributed by atoms with Crippen molar-refractivity contribution in [3.05, 3.63) is 41.7 Å². The van der Waals surface area contributed by atoms with Crippen LogP contribution in [0.15, 0.2) is 30.3 Å². The zero-order valence-electron chi connectivity index (χ0n) is 23.4. The molecule has 2 fully saturated rings. The average Bonchev–Trinajstić information content (AvgIpc) is 3.13. The number of rotatable bonds is 8.